The number of nitrogens with two attached hydrogens (primary N) is 2. The number of esters is 2. The predicted octanol–water partition coefficient (Wildman–Crippen LogP) is 9.05. The first-order chi connectivity index (χ1) is 32.0. The number of aromatic nitrogens is 4. The molecular weight excluding hydrogens is 833 g/mol. The third-order valence-corrected chi connectivity index (χ3v) is 13.4. The lowest BCUT2D eigenvalue weighted by atomic mass is 9.92. The molecule has 4 atom stereocenters. The maximum absolute atomic E-state index is 12.7. The molecule has 4 aromatic carbocycles. The number of rotatable bonds is 17. The summed E-state index contributed by atoms with van der Waals surface area (Å²) in [6, 6.07) is 32.8. The van der Waals surface area contributed by atoms with E-state index in [0.717, 1.165) is 102 Å². The number of amides is 2. The van der Waals surface area contributed by atoms with Crippen LogP contribution in [0.15, 0.2) is 109 Å². The maximum atomic E-state index is 12.7. The zero-order valence-electron chi connectivity index (χ0n) is 37.6. The van der Waals surface area contributed by atoms with Crippen molar-refractivity contribution in [3.63, 3.8) is 0 Å². The number of ether oxygens (including phenoxy) is 2. The molecule has 2 aliphatic heterocycles. The maximum Gasteiger partial charge on any atom is 0.412 e. The van der Waals surface area contributed by atoms with Gasteiger partial charge in [0.1, 0.15) is 11.6 Å². The van der Waals surface area contributed by atoms with E-state index in [1.807, 2.05) is 48.8 Å². The minimum absolute atomic E-state index is 0.0190. The van der Waals surface area contributed by atoms with E-state index in [1.54, 1.807) is 0 Å². The Morgan fingerprint density at radius 2 is 1.05 bits per heavy atom. The van der Waals surface area contributed by atoms with Crippen LogP contribution in [0.2, 0.25) is 0 Å². The lowest BCUT2D eigenvalue weighted by molar-refractivity contribution is -0.139. The van der Waals surface area contributed by atoms with Crippen molar-refractivity contribution in [2.45, 2.75) is 102 Å². The van der Waals surface area contributed by atoms with Gasteiger partial charge in [-0.3, -0.25) is 19.4 Å². The van der Waals surface area contributed by atoms with Gasteiger partial charge in [-0.05, 0) is 117 Å². The van der Waals surface area contributed by atoms with Crippen LogP contribution >= 0.6 is 0 Å². The summed E-state index contributed by atoms with van der Waals surface area (Å²) in [6.45, 7) is 5.88. The fourth-order valence-electron chi connectivity index (χ4n) is 10.0. The van der Waals surface area contributed by atoms with Gasteiger partial charge in [0.2, 0.25) is 0 Å². The number of imidazole rings is 2. The van der Waals surface area contributed by atoms with Crippen LogP contribution in [0.3, 0.4) is 0 Å². The molecule has 0 unspecified atom stereocenters. The van der Waals surface area contributed by atoms with Crippen LogP contribution < -0.4 is 11.5 Å². The standard InChI is InChI=1S/C52H58N8O6/c1-33-34(2)42(44-32-56-50(58-44)46-16-10-28-60(46)40(30-48(62)66-52(54)64)24-18-36-13-7-4-8-14-36)26-25-41(33)37-19-21-38(22-20-37)43-31-55-49(57-43)45-15-9-27-59(45)39(29-47(61)65-51(53)63)23-17-35-11-5-3-6-12-35/h3-8,11-14,19-22,25-26,31-32,39-40,45-46H,9-10,15-18,23-24,27-30H2,1-2H3,(H2,53,63)(H2,54,64)(H,55,57)(H,56,58)/t39-,40-,45+,46+/m1/s1. The highest BCUT2D eigenvalue weighted by atomic mass is 16.6. The molecule has 2 aromatic heterocycles. The Hall–Kier alpha value is -6.90. The van der Waals surface area contributed by atoms with Gasteiger partial charge in [-0.1, -0.05) is 97.1 Å². The highest BCUT2D eigenvalue weighted by molar-refractivity contribution is 5.84. The Labute approximate surface area is 385 Å². The van der Waals surface area contributed by atoms with Gasteiger partial charge in [-0.25, -0.2) is 19.6 Å². The zero-order valence-corrected chi connectivity index (χ0v) is 37.6. The van der Waals surface area contributed by atoms with Crippen molar-refractivity contribution in [1.82, 2.24) is 29.7 Å². The molecule has 2 saturated heterocycles. The number of aryl methyl sites for hydroxylation is 2. The third-order valence-electron chi connectivity index (χ3n) is 13.4. The first kappa shape index (κ1) is 45.7. The molecule has 2 fully saturated rings. The van der Waals surface area contributed by atoms with E-state index in [4.69, 9.17) is 30.9 Å². The van der Waals surface area contributed by atoms with Crippen LogP contribution in [0.5, 0.6) is 0 Å². The van der Waals surface area contributed by atoms with E-state index in [-0.39, 0.29) is 37.0 Å². The number of nitrogens with zero attached hydrogens (tertiary/aromatic N) is 4. The summed E-state index contributed by atoms with van der Waals surface area (Å²) in [5.41, 5.74) is 21.2. The van der Waals surface area contributed by atoms with Crippen LogP contribution in [-0.2, 0) is 31.9 Å². The van der Waals surface area contributed by atoms with Crippen LogP contribution in [0.25, 0.3) is 33.6 Å². The van der Waals surface area contributed by atoms with E-state index in [9.17, 15) is 19.2 Å². The lowest BCUT2D eigenvalue weighted by Gasteiger charge is -2.31. The summed E-state index contributed by atoms with van der Waals surface area (Å²) in [5.74, 6) is 0.446. The first-order valence-corrected chi connectivity index (χ1v) is 22.9. The van der Waals surface area contributed by atoms with Crippen molar-refractivity contribution < 1.29 is 28.7 Å². The van der Waals surface area contributed by atoms with Crippen LogP contribution in [0.4, 0.5) is 9.59 Å². The van der Waals surface area contributed by atoms with Crippen LogP contribution in [0.1, 0.15) is 97.4 Å². The number of hydrogen-bond donors (Lipinski definition) is 4. The average molecular weight is 891 g/mol. The van der Waals surface area contributed by atoms with Crippen LogP contribution in [-0.4, -0.2) is 79.0 Å². The molecule has 66 heavy (non-hydrogen) atoms. The largest absolute Gasteiger partial charge is 0.412 e. The van der Waals surface area contributed by atoms with E-state index in [2.05, 4.69) is 94.3 Å². The molecule has 14 nitrogen and oxygen atoms in total. The number of hydrogen-bond acceptors (Lipinski definition) is 10. The van der Waals surface area contributed by atoms with Gasteiger partial charge in [0.25, 0.3) is 0 Å². The summed E-state index contributed by atoms with van der Waals surface area (Å²) in [4.78, 5) is 69.8. The molecule has 342 valence electrons. The van der Waals surface area contributed by atoms with E-state index in [1.165, 1.54) is 16.7 Å². The second-order valence-corrected chi connectivity index (χ2v) is 17.5. The molecule has 2 amide bonds. The number of carbonyl (C=O) groups excluding carboxylic acids is 4. The quantitative estimate of drug-likeness (QED) is 0.0505. The molecule has 4 heterocycles. The van der Waals surface area contributed by atoms with Crippen molar-refractivity contribution in [1.29, 1.82) is 0 Å². The fourth-order valence-corrected chi connectivity index (χ4v) is 10.0. The normalized spacial score (nSPS) is 17.4. The van der Waals surface area contributed by atoms with Gasteiger partial charge >= 0.3 is 24.1 Å². The number of benzene rings is 4. The van der Waals surface area contributed by atoms with Gasteiger partial charge in [0.05, 0.1) is 48.7 Å². The van der Waals surface area contributed by atoms with Gasteiger partial charge in [-0.15, -0.1) is 0 Å². The van der Waals surface area contributed by atoms with Crippen molar-refractivity contribution in [3.8, 4) is 33.6 Å². The van der Waals surface area contributed by atoms with Gasteiger partial charge in [-0.2, -0.15) is 0 Å². The number of carbonyl (C=O) groups is 4. The molecule has 0 radical (unpaired) electrons. The summed E-state index contributed by atoms with van der Waals surface area (Å²) in [6.07, 6.45) is 8.37. The molecule has 0 spiro atoms. The number of likely N-dealkylation sites (tertiary alicyclic amines) is 2. The third kappa shape index (κ3) is 11.0. The summed E-state index contributed by atoms with van der Waals surface area (Å²) >= 11 is 0. The molecule has 6 N–H and O–H groups in total. The highest BCUT2D eigenvalue weighted by Crippen LogP contribution is 2.39. The molecule has 0 aliphatic carbocycles. The second kappa shape index (κ2) is 20.9. The average Bonchev–Trinajstić information content (AvgIpc) is 4.16. The number of H-pyrrole nitrogens is 2. The zero-order chi connectivity index (χ0) is 46.2. The Kier molecular flexibility index (Phi) is 14.5. The van der Waals surface area contributed by atoms with Crippen molar-refractivity contribution in [2.24, 2.45) is 11.5 Å². The van der Waals surface area contributed by atoms with Gasteiger partial charge < -0.3 is 30.9 Å². The summed E-state index contributed by atoms with van der Waals surface area (Å²) in [7, 11) is 0. The Morgan fingerprint density at radius 1 is 0.606 bits per heavy atom. The van der Waals surface area contributed by atoms with Gasteiger partial charge in [0.15, 0.2) is 0 Å². The minimum Gasteiger partial charge on any atom is -0.376 e. The van der Waals surface area contributed by atoms with Crippen molar-refractivity contribution in [3.05, 3.63) is 143 Å². The van der Waals surface area contributed by atoms with Gasteiger partial charge in [0, 0.05) is 17.6 Å². The topological polar surface area (TPSA) is 203 Å². The SMILES string of the molecule is Cc1c(-c2ccc(-c3cnc([C@@H]4CCCN4[C@H](CCc4ccccc4)CC(=O)OC(N)=O)[nH]3)cc2)ccc(-c2cnc([C@@H]3CCCN3[C@H](CCc3ccccc3)CC(=O)OC(N)=O)[nH]2)c1C. The molecule has 14 heteroatoms. The molecular formula is C52H58N8O6. The molecule has 0 saturated carbocycles. The van der Waals surface area contributed by atoms with Crippen LogP contribution in [0, 0.1) is 13.8 Å². The molecule has 8 rings (SSSR count). The van der Waals surface area contributed by atoms with Crippen molar-refractivity contribution >= 4 is 24.1 Å². The molecule has 0 bridgehead atoms. The monoisotopic (exact) mass is 890 g/mol. The highest BCUT2D eigenvalue weighted by Gasteiger charge is 2.37. The Bertz CT molecular complexity index is 2630. The Morgan fingerprint density at radius 3 is 1.55 bits per heavy atom. The first-order valence-electron chi connectivity index (χ1n) is 22.9. The predicted molar refractivity (Wildman–Crippen MR) is 252 cm³/mol. The Balaban J connectivity index is 0.951. The fraction of sp³-hybridized carbons (Fsp3) is 0.346. The minimum atomic E-state index is -1.09. The number of nitrogens with one attached hydrogen (secondary N) is 2. The van der Waals surface area contributed by atoms with E-state index < -0.39 is 24.1 Å². The second-order valence-electron chi connectivity index (χ2n) is 17.5. The number of primary amides is 2. The summed E-state index contributed by atoms with van der Waals surface area (Å²) in [5, 5.41) is 0. The smallest absolute Gasteiger partial charge is 0.376 e. The molecule has 2 aliphatic rings. The van der Waals surface area contributed by atoms with E-state index in [0.29, 0.717) is 12.8 Å². The number of aromatic amines is 2. The van der Waals surface area contributed by atoms with E-state index >= 15 is 0 Å². The van der Waals surface area contributed by atoms with Crippen molar-refractivity contribution in [2.75, 3.05) is 13.1 Å². The lowest BCUT2D eigenvalue weighted by Crippen LogP contribution is -2.38. The summed E-state index contributed by atoms with van der Waals surface area (Å²) < 4.78 is 9.53. The molecule has 6 aromatic rings.